The Hall–Kier alpha value is -3.59. The number of ketones is 2. The van der Waals surface area contributed by atoms with Gasteiger partial charge in [-0.05, 0) is 47.5 Å². The predicted octanol–water partition coefficient (Wildman–Crippen LogP) is 8.14. The van der Waals surface area contributed by atoms with Crippen molar-refractivity contribution in [1.29, 1.82) is 5.26 Å². The van der Waals surface area contributed by atoms with E-state index in [0.29, 0.717) is 12.1 Å². The number of carbonyl (C=O) groups is 3. The summed E-state index contributed by atoms with van der Waals surface area (Å²) in [4.78, 5) is 38.1. The van der Waals surface area contributed by atoms with Gasteiger partial charge in [0.1, 0.15) is 27.6 Å². The Balaban J connectivity index is 1.51. The second-order valence-electron chi connectivity index (χ2n) is 10.0. The molecule has 0 radical (unpaired) electrons. The Morgan fingerprint density at radius 3 is 2.30 bits per heavy atom. The molecule has 14 heteroatoms. The standard InChI is InChI=1S/C30H19Cl3F6N2O3/c31-21-6-5-16(41-28(44)26-25(29(26,32)33)14-3-8-23(35)20(10-14)30(37,38)39)12-18(21)24(43)11-15-4-7-22(34)19(27(15)36)13-17(42)2-1-9-40/h3-8,10,12,25-26H,1-2,11,13H2,(H,41,44)/t25-,26+/m0/s1. The van der Waals surface area contributed by atoms with E-state index in [2.05, 4.69) is 5.32 Å². The number of alkyl halides is 5. The summed E-state index contributed by atoms with van der Waals surface area (Å²) in [6.07, 6.45) is -6.50. The number of carbonyl (C=O) groups excluding carboxylic acids is 3. The summed E-state index contributed by atoms with van der Waals surface area (Å²) in [6.45, 7) is 0. The Bertz CT molecular complexity index is 1700. The van der Waals surface area contributed by atoms with Gasteiger partial charge in [0.2, 0.25) is 5.91 Å². The number of rotatable bonds is 10. The van der Waals surface area contributed by atoms with Gasteiger partial charge in [-0.2, -0.15) is 18.4 Å². The smallest absolute Gasteiger partial charge is 0.326 e. The maximum Gasteiger partial charge on any atom is 0.419 e. The van der Waals surface area contributed by atoms with Crippen LogP contribution in [0, 0.1) is 34.7 Å². The van der Waals surface area contributed by atoms with Crippen LogP contribution in [0.3, 0.4) is 0 Å². The highest BCUT2D eigenvalue weighted by molar-refractivity contribution is 6.53. The minimum Gasteiger partial charge on any atom is -0.326 e. The van der Waals surface area contributed by atoms with Crippen molar-refractivity contribution in [2.24, 2.45) is 5.92 Å². The zero-order chi connectivity index (χ0) is 32.6. The molecular weight excluding hydrogens is 657 g/mol. The number of nitrogens with zero attached hydrogens (tertiary/aromatic N) is 1. The molecule has 0 aliphatic heterocycles. The molecule has 1 N–H and O–H groups in total. The quantitative estimate of drug-likeness (QED) is 0.134. The molecule has 2 atom stereocenters. The van der Waals surface area contributed by atoms with E-state index in [1.165, 1.54) is 18.2 Å². The highest BCUT2D eigenvalue weighted by atomic mass is 35.5. The van der Waals surface area contributed by atoms with Crippen LogP contribution in [-0.4, -0.2) is 21.8 Å². The van der Waals surface area contributed by atoms with Crippen LogP contribution < -0.4 is 5.32 Å². The molecule has 0 saturated heterocycles. The third-order valence-electron chi connectivity index (χ3n) is 7.03. The fourth-order valence-corrected chi connectivity index (χ4v) is 5.80. The van der Waals surface area contributed by atoms with E-state index in [4.69, 9.17) is 40.1 Å². The second kappa shape index (κ2) is 12.8. The molecule has 1 aliphatic rings. The van der Waals surface area contributed by atoms with Crippen molar-refractivity contribution in [2.75, 3.05) is 5.32 Å². The van der Waals surface area contributed by atoms with Gasteiger partial charge in [0.05, 0.1) is 22.6 Å². The van der Waals surface area contributed by atoms with E-state index in [0.717, 1.165) is 18.2 Å². The highest BCUT2D eigenvalue weighted by Gasteiger charge is 2.67. The van der Waals surface area contributed by atoms with Gasteiger partial charge in [0, 0.05) is 48.4 Å². The fraction of sp³-hybridized carbons (Fsp3) is 0.267. The van der Waals surface area contributed by atoms with Gasteiger partial charge in [0.15, 0.2) is 5.78 Å². The summed E-state index contributed by atoms with van der Waals surface area (Å²) in [5.41, 5.74) is -2.54. The monoisotopic (exact) mass is 674 g/mol. The van der Waals surface area contributed by atoms with Gasteiger partial charge in [0.25, 0.3) is 0 Å². The number of halogens is 9. The lowest BCUT2D eigenvalue weighted by Crippen LogP contribution is -2.17. The second-order valence-corrected chi connectivity index (χ2v) is 11.9. The minimum atomic E-state index is -4.99. The summed E-state index contributed by atoms with van der Waals surface area (Å²) in [7, 11) is 0. The van der Waals surface area contributed by atoms with Crippen LogP contribution in [-0.2, 0) is 28.6 Å². The molecule has 230 valence electrons. The number of hydrogen-bond acceptors (Lipinski definition) is 4. The normalized spacial score (nSPS) is 17.1. The van der Waals surface area contributed by atoms with Crippen molar-refractivity contribution in [3.8, 4) is 6.07 Å². The lowest BCUT2D eigenvalue weighted by molar-refractivity contribution is -0.140. The molecule has 0 aromatic heterocycles. The molecule has 4 rings (SSSR count). The van der Waals surface area contributed by atoms with Crippen molar-refractivity contribution in [2.45, 2.75) is 42.1 Å². The SMILES string of the molecule is N#CCCC(=O)Cc1c(F)ccc(CC(=O)c2cc(NC(=O)[C@H]3[C@H](c4ccc(F)c(C(F)(F)F)c4)C3(Cl)Cl)ccc2Cl)c1F. The van der Waals surface area contributed by atoms with Crippen LogP contribution in [0.4, 0.5) is 32.0 Å². The van der Waals surface area contributed by atoms with Crippen LogP contribution in [0.1, 0.15) is 51.4 Å². The molecule has 44 heavy (non-hydrogen) atoms. The summed E-state index contributed by atoms with van der Waals surface area (Å²) in [5, 5.41) is 11.0. The molecule has 1 aliphatic carbocycles. The van der Waals surface area contributed by atoms with Crippen molar-refractivity contribution >= 4 is 58.0 Å². The molecular formula is C30H19Cl3F6N2O3. The van der Waals surface area contributed by atoms with Crippen LogP contribution in [0.15, 0.2) is 48.5 Å². The Morgan fingerprint density at radius 1 is 0.955 bits per heavy atom. The maximum atomic E-state index is 15.1. The van der Waals surface area contributed by atoms with E-state index in [1.54, 1.807) is 6.07 Å². The molecule has 0 unspecified atom stereocenters. The highest BCUT2D eigenvalue weighted by Crippen LogP contribution is 2.65. The third kappa shape index (κ3) is 7.04. The third-order valence-corrected chi connectivity index (χ3v) is 8.30. The first-order chi connectivity index (χ1) is 20.6. The van der Waals surface area contributed by atoms with Crippen molar-refractivity contribution < 1.29 is 40.7 Å². The molecule has 5 nitrogen and oxygen atoms in total. The Labute approximate surface area is 261 Å². The molecule has 1 fully saturated rings. The first kappa shape index (κ1) is 33.3. The zero-order valence-electron chi connectivity index (χ0n) is 22.2. The first-order valence-electron chi connectivity index (χ1n) is 12.8. The van der Waals surface area contributed by atoms with Gasteiger partial charge in [-0.25, -0.2) is 13.2 Å². The molecule has 3 aromatic rings. The Morgan fingerprint density at radius 2 is 1.64 bits per heavy atom. The number of nitrogens with one attached hydrogen (secondary N) is 1. The van der Waals surface area contributed by atoms with E-state index in [9.17, 15) is 36.3 Å². The van der Waals surface area contributed by atoms with Crippen LogP contribution in [0.2, 0.25) is 5.02 Å². The largest absolute Gasteiger partial charge is 0.419 e. The van der Waals surface area contributed by atoms with Crippen molar-refractivity contribution in [3.05, 3.63) is 98.8 Å². The fourth-order valence-electron chi connectivity index (χ4n) is 4.75. The zero-order valence-corrected chi connectivity index (χ0v) is 24.4. The minimum absolute atomic E-state index is 0.0241. The Kier molecular flexibility index (Phi) is 9.69. The maximum absolute atomic E-state index is 15.1. The first-order valence-corrected chi connectivity index (χ1v) is 13.9. The average Bonchev–Trinajstić information content (AvgIpc) is 3.53. The van der Waals surface area contributed by atoms with E-state index in [1.807, 2.05) is 0 Å². The molecule has 0 spiro atoms. The number of nitriles is 1. The van der Waals surface area contributed by atoms with Crippen molar-refractivity contribution in [1.82, 2.24) is 0 Å². The number of benzene rings is 3. The number of Topliss-reactive ketones (excluding diaryl/α,β-unsaturated/α-hetero) is 2. The van der Waals surface area contributed by atoms with Gasteiger partial charge in [-0.1, -0.05) is 23.7 Å². The summed E-state index contributed by atoms with van der Waals surface area (Å²) in [6, 6.07) is 9.66. The molecule has 3 aromatic carbocycles. The van der Waals surface area contributed by atoms with Gasteiger partial charge in [-0.15, -0.1) is 23.2 Å². The summed E-state index contributed by atoms with van der Waals surface area (Å²) < 4.78 is 80.9. The predicted molar refractivity (Wildman–Crippen MR) is 150 cm³/mol. The summed E-state index contributed by atoms with van der Waals surface area (Å²) in [5.74, 6) is -8.04. The van der Waals surface area contributed by atoms with E-state index < -0.39 is 81.2 Å². The molecule has 1 amide bonds. The van der Waals surface area contributed by atoms with E-state index >= 15 is 4.39 Å². The van der Waals surface area contributed by atoms with Gasteiger partial charge >= 0.3 is 6.18 Å². The lowest BCUT2D eigenvalue weighted by atomic mass is 9.97. The number of anilines is 1. The average molecular weight is 676 g/mol. The van der Waals surface area contributed by atoms with Crippen LogP contribution in [0.5, 0.6) is 0 Å². The van der Waals surface area contributed by atoms with Gasteiger partial charge in [-0.3, -0.25) is 14.4 Å². The van der Waals surface area contributed by atoms with Crippen LogP contribution in [0.25, 0.3) is 0 Å². The molecule has 0 heterocycles. The van der Waals surface area contributed by atoms with Gasteiger partial charge < -0.3 is 5.32 Å². The van der Waals surface area contributed by atoms with Crippen molar-refractivity contribution in [3.63, 3.8) is 0 Å². The topological polar surface area (TPSA) is 87.0 Å². The molecule has 0 bridgehead atoms. The summed E-state index contributed by atoms with van der Waals surface area (Å²) >= 11 is 18.6. The number of amides is 1. The van der Waals surface area contributed by atoms with E-state index in [-0.39, 0.29) is 40.2 Å². The number of hydrogen-bond donors (Lipinski definition) is 1. The van der Waals surface area contributed by atoms with Crippen LogP contribution >= 0.6 is 34.8 Å². The molecule has 1 saturated carbocycles. The lowest BCUT2D eigenvalue weighted by Gasteiger charge is -2.11.